The standard InChI is InChI=1S/C27H29N3O5/c1-4-33-24-14-11-21(16-25(24)34-5-2)27(32)30-28-17-20-7-6-8-23(15-20)35-18-26(31)29-22-12-9-19(3)10-13-22/h6-17H,4-5,18H2,1-3H3,(H,29,31)(H,30,32)/b28-17+. The molecular formula is C27H29N3O5. The summed E-state index contributed by atoms with van der Waals surface area (Å²) in [6.45, 7) is 6.54. The largest absolute Gasteiger partial charge is 0.490 e. The number of nitrogens with one attached hydrogen (secondary N) is 2. The van der Waals surface area contributed by atoms with Crippen molar-refractivity contribution in [2.24, 2.45) is 5.10 Å². The molecule has 0 aromatic heterocycles. The average Bonchev–Trinajstić information content (AvgIpc) is 2.86. The molecule has 0 aliphatic carbocycles. The van der Waals surface area contributed by atoms with E-state index in [1.54, 1.807) is 42.5 Å². The minimum absolute atomic E-state index is 0.134. The van der Waals surface area contributed by atoms with E-state index >= 15 is 0 Å². The molecule has 0 heterocycles. The Kier molecular flexibility index (Phi) is 9.24. The Labute approximate surface area is 204 Å². The van der Waals surface area contributed by atoms with Crippen LogP contribution in [-0.2, 0) is 4.79 Å². The van der Waals surface area contributed by atoms with Crippen molar-refractivity contribution >= 4 is 23.7 Å². The minimum atomic E-state index is -0.384. The van der Waals surface area contributed by atoms with Gasteiger partial charge in [-0.3, -0.25) is 9.59 Å². The van der Waals surface area contributed by atoms with Gasteiger partial charge in [-0.15, -0.1) is 0 Å². The Morgan fingerprint density at radius 2 is 1.63 bits per heavy atom. The molecule has 182 valence electrons. The number of carbonyl (C=O) groups excluding carboxylic acids is 2. The van der Waals surface area contributed by atoms with Crippen molar-refractivity contribution in [3.05, 3.63) is 83.4 Å². The van der Waals surface area contributed by atoms with E-state index in [1.807, 2.05) is 45.0 Å². The molecule has 0 radical (unpaired) electrons. The fourth-order valence-corrected chi connectivity index (χ4v) is 3.09. The van der Waals surface area contributed by atoms with Gasteiger partial charge in [0.25, 0.3) is 11.8 Å². The molecule has 3 aromatic rings. The van der Waals surface area contributed by atoms with Gasteiger partial charge in [-0.1, -0.05) is 29.8 Å². The van der Waals surface area contributed by atoms with Crippen LogP contribution in [0.3, 0.4) is 0 Å². The molecule has 0 fully saturated rings. The number of aryl methyl sites for hydroxylation is 1. The van der Waals surface area contributed by atoms with Crippen molar-refractivity contribution in [1.29, 1.82) is 0 Å². The highest BCUT2D eigenvalue weighted by molar-refractivity contribution is 5.95. The van der Waals surface area contributed by atoms with Crippen LogP contribution in [0.5, 0.6) is 17.2 Å². The maximum Gasteiger partial charge on any atom is 0.271 e. The Balaban J connectivity index is 1.54. The van der Waals surface area contributed by atoms with Crippen LogP contribution in [-0.4, -0.2) is 37.8 Å². The van der Waals surface area contributed by atoms with Crippen molar-refractivity contribution in [1.82, 2.24) is 5.43 Å². The zero-order chi connectivity index (χ0) is 25.0. The van der Waals surface area contributed by atoms with Crippen LogP contribution in [0.4, 0.5) is 5.69 Å². The number of carbonyl (C=O) groups is 2. The maximum absolute atomic E-state index is 12.5. The first-order valence-corrected chi connectivity index (χ1v) is 11.3. The van der Waals surface area contributed by atoms with E-state index in [9.17, 15) is 9.59 Å². The van der Waals surface area contributed by atoms with Gasteiger partial charge in [0.2, 0.25) is 0 Å². The fourth-order valence-electron chi connectivity index (χ4n) is 3.09. The first kappa shape index (κ1) is 25.3. The van der Waals surface area contributed by atoms with Gasteiger partial charge in [0, 0.05) is 11.3 Å². The summed E-state index contributed by atoms with van der Waals surface area (Å²) in [7, 11) is 0. The number of ether oxygens (including phenoxy) is 3. The third kappa shape index (κ3) is 7.89. The highest BCUT2D eigenvalue weighted by Gasteiger charge is 2.11. The number of amides is 2. The SMILES string of the molecule is CCOc1ccc(C(=O)N/N=C/c2cccc(OCC(=O)Nc3ccc(C)cc3)c2)cc1OCC. The Morgan fingerprint density at radius 3 is 2.37 bits per heavy atom. The lowest BCUT2D eigenvalue weighted by Crippen LogP contribution is -2.20. The van der Waals surface area contributed by atoms with Gasteiger partial charge in [0.1, 0.15) is 5.75 Å². The van der Waals surface area contributed by atoms with E-state index < -0.39 is 0 Å². The summed E-state index contributed by atoms with van der Waals surface area (Å²) in [5.41, 5.74) is 5.41. The molecule has 0 unspecified atom stereocenters. The minimum Gasteiger partial charge on any atom is -0.490 e. The predicted octanol–water partition coefficient (Wildman–Crippen LogP) is 4.57. The molecular weight excluding hydrogens is 446 g/mol. The van der Waals surface area contributed by atoms with Gasteiger partial charge in [-0.25, -0.2) is 5.43 Å². The lowest BCUT2D eigenvalue weighted by Gasteiger charge is -2.11. The molecule has 8 heteroatoms. The van der Waals surface area contributed by atoms with Crippen LogP contribution >= 0.6 is 0 Å². The quantitative estimate of drug-likeness (QED) is 0.313. The van der Waals surface area contributed by atoms with Crippen LogP contribution in [0.1, 0.15) is 35.3 Å². The lowest BCUT2D eigenvalue weighted by atomic mass is 10.2. The Hall–Kier alpha value is -4.33. The van der Waals surface area contributed by atoms with Gasteiger partial charge in [0.15, 0.2) is 18.1 Å². The smallest absolute Gasteiger partial charge is 0.271 e. The average molecular weight is 476 g/mol. The highest BCUT2D eigenvalue weighted by atomic mass is 16.5. The third-order valence-electron chi connectivity index (χ3n) is 4.75. The summed E-state index contributed by atoms with van der Waals surface area (Å²) in [4.78, 5) is 24.6. The molecule has 0 saturated carbocycles. The summed E-state index contributed by atoms with van der Waals surface area (Å²) >= 11 is 0. The zero-order valence-electron chi connectivity index (χ0n) is 20.0. The molecule has 8 nitrogen and oxygen atoms in total. The van der Waals surface area contributed by atoms with Crippen LogP contribution in [0, 0.1) is 6.92 Å². The molecule has 3 aromatic carbocycles. The normalized spacial score (nSPS) is 10.6. The summed E-state index contributed by atoms with van der Waals surface area (Å²) in [6, 6.07) is 19.5. The van der Waals surface area contributed by atoms with Gasteiger partial charge in [0.05, 0.1) is 19.4 Å². The monoisotopic (exact) mass is 475 g/mol. The molecule has 35 heavy (non-hydrogen) atoms. The van der Waals surface area contributed by atoms with E-state index in [2.05, 4.69) is 15.8 Å². The number of hydrogen-bond donors (Lipinski definition) is 2. The summed E-state index contributed by atoms with van der Waals surface area (Å²) in [6.07, 6.45) is 1.50. The molecule has 0 atom stereocenters. The summed E-state index contributed by atoms with van der Waals surface area (Å²) in [5.74, 6) is 0.945. The highest BCUT2D eigenvalue weighted by Crippen LogP contribution is 2.28. The van der Waals surface area contributed by atoms with Crippen LogP contribution in [0.15, 0.2) is 71.8 Å². The summed E-state index contributed by atoms with van der Waals surface area (Å²) < 4.78 is 16.7. The first-order valence-electron chi connectivity index (χ1n) is 11.3. The molecule has 0 spiro atoms. The van der Waals surface area contributed by atoms with Gasteiger partial charge >= 0.3 is 0 Å². The van der Waals surface area contributed by atoms with Crippen molar-refractivity contribution in [2.45, 2.75) is 20.8 Å². The third-order valence-corrected chi connectivity index (χ3v) is 4.75. The molecule has 0 aliphatic heterocycles. The van der Waals surface area contributed by atoms with Crippen molar-refractivity contribution in [2.75, 3.05) is 25.1 Å². The van der Waals surface area contributed by atoms with E-state index in [4.69, 9.17) is 14.2 Å². The number of rotatable bonds is 11. The lowest BCUT2D eigenvalue weighted by molar-refractivity contribution is -0.118. The number of hydrazone groups is 1. The second-order valence-corrected chi connectivity index (χ2v) is 7.50. The summed E-state index contributed by atoms with van der Waals surface area (Å²) in [5, 5.41) is 6.80. The van der Waals surface area contributed by atoms with E-state index in [1.165, 1.54) is 6.21 Å². The van der Waals surface area contributed by atoms with Crippen LogP contribution in [0.25, 0.3) is 0 Å². The predicted molar refractivity (Wildman–Crippen MR) is 136 cm³/mol. The van der Waals surface area contributed by atoms with Gasteiger partial charge < -0.3 is 19.5 Å². The maximum atomic E-state index is 12.5. The van der Waals surface area contributed by atoms with Gasteiger partial charge in [-0.2, -0.15) is 5.10 Å². The molecule has 3 rings (SSSR count). The number of nitrogens with zero attached hydrogens (tertiary/aromatic N) is 1. The van der Waals surface area contributed by atoms with E-state index in [0.717, 1.165) is 5.56 Å². The number of hydrogen-bond acceptors (Lipinski definition) is 6. The number of anilines is 1. The topological polar surface area (TPSA) is 98.3 Å². The van der Waals surface area contributed by atoms with E-state index in [-0.39, 0.29) is 18.4 Å². The van der Waals surface area contributed by atoms with Crippen LogP contribution < -0.4 is 25.0 Å². The molecule has 2 N–H and O–H groups in total. The Bertz CT molecular complexity index is 1180. The van der Waals surface area contributed by atoms with Crippen molar-refractivity contribution in [3.8, 4) is 17.2 Å². The molecule has 2 amide bonds. The second kappa shape index (κ2) is 12.8. The molecule has 0 aliphatic rings. The first-order chi connectivity index (χ1) is 17.0. The van der Waals surface area contributed by atoms with Crippen molar-refractivity contribution in [3.63, 3.8) is 0 Å². The second-order valence-electron chi connectivity index (χ2n) is 7.50. The zero-order valence-corrected chi connectivity index (χ0v) is 20.0. The van der Waals surface area contributed by atoms with Crippen LogP contribution in [0.2, 0.25) is 0 Å². The Morgan fingerprint density at radius 1 is 0.886 bits per heavy atom. The van der Waals surface area contributed by atoms with Crippen molar-refractivity contribution < 1.29 is 23.8 Å². The fraction of sp³-hybridized carbons (Fsp3) is 0.222. The number of benzene rings is 3. The molecule has 0 bridgehead atoms. The van der Waals surface area contributed by atoms with E-state index in [0.29, 0.717) is 47.3 Å². The molecule has 0 saturated heterocycles. The van der Waals surface area contributed by atoms with Gasteiger partial charge in [-0.05, 0) is 68.8 Å².